The number of amides is 1. The molecule has 0 saturated heterocycles. The minimum Gasteiger partial charge on any atom is -0.465 e. The summed E-state index contributed by atoms with van der Waals surface area (Å²) < 4.78 is 6.47. The van der Waals surface area contributed by atoms with Crippen molar-refractivity contribution in [3.8, 4) is 0 Å². The molecule has 6 heteroatoms. The molecular weight excluding hydrogens is 306 g/mol. The Kier molecular flexibility index (Phi) is 4.13. The minimum atomic E-state index is -0.368. The van der Waals surface area contributed by atoms with Crippen LogP contribution in [0.5, 0.6) is 0 Å². The molecule has 6 nitrogen and oxygen atoms in total. The predicted octanol–water partition coefficient (Wildman–Crippen LogP) is 2.80. The number of methoxy groups -OCH3 is 1. The molecule has 0 fully saturated rings. The summed E-state index contributed by atoms with van der Waals surface area (Å²) in [4.78, 5) is 23.7. The minimum absolute atomic E-state index is 0.0251. The highest BCUT2D eigenvalue weighted by molar-refractivity contribution is 5.95. The topological polar surface area (TPSA) is 73.2 Å². The molecule has 3 rings (SSSR count). The van der Waals surface area contributed by atoms with Crippen molar-refractivity contribution >= 4 is 17.7 Å². The Labute approximate surface area is 140 Å². The van der Waals surface area contributed by atoms with Crippen molar-refractivity contribution < 1.29 is 14.3 Å². The van der Waals surface area contributed by atoms with Crippen LogP contribution in [0.3, 0.4) is 0 Å². The smallest absolute Gasteiger partial charge is 0.337 e. The summed E-state index contributed by atoms with van der Waals surface area (Å²) in [6.45, 7) is 4.19. The van der Waals surface area contributed by atoms with Crippen molar-refractivity contribution in [2.75, 3.05) is 12.4 Å². The first-order valence-electron chi connectivity index (χ1n) is 7.97. The fourth-order valence-electron chi connectivity index (χ4n) is 3.20. The Bertz CT molecular complexity index is 791. The number of carbonyl (C=O) groups is 2. The van der Waals surface area contributed by atoms with Gasteiger partial charge in [0.05, 0.1) is 18.4 Å². The van der Waals surface area contributed by atoms with Gasteiger partial charge >= 0.3 is 5.97 Å². The van der Waals surface area contributed by atoms with Gasteiger partial charge in [0, 0.05) is 24.9 Å². The van der Waals surface area contributed by atoms with Crippen molar-refractivity contribution in [2.45, 2.75) is 32.1 Å². The van der Waals surface area contributed by atoms with E-state index in [4.69, 9.17) is 4.74 Å². The number of nitrogens with one attached hydrogen (secondary N) is 1. The standard InChI is InChI=1S/C18H21N3O3/c1-10(2)16-15-13(9-14(22)19-17(15)21(3)20-16)11-5-7-12(8-6-11)18(23)24-4/h5-8,10,13H,9H2,1-4H3,(H,19,22). The molecule has 1 aliphatic rings. The molecule has 1 N–H and O–H groups in total. The molecule has 0 bridgehead atoms. The molecule has 1 aliphatic heterocycles. The second kappa shape index (κ2) is 6.11. The van der Waals surface area contributed by atoms with Crippen molar-refractivity contribution in [3.63, 3.8) is 0 Å². The van der Waals surface area contributed by atoms with Gasteiger partial charge in [-0.2, -0.15) is 5.10 Å². The number of hydrogen-bond acceptors (Lipinski definition) is 4. The van der Waals surface area contributed by atoms with Gasteiger partial charge < -0.3 is 10.1 Å². The third-order valence-corrected chi connectivity index (χ3v) is 4.39. The number of nitrogens with zero attached hydrogens (tertiary/aromatic N) is 2. The maximum Gasteiger partial charge on any atom is 0.337 e. The zero-order valence-electron chi connectivity index (χ0n) is 14.3. The van der Waals surface area contributed by atoms with Crippen LogP contribution in [-0.2, 0) is 16.6 Å². The Balaban J connectivity index is 2.06. The fraction of sp³-hybridized carbons (Fsp3) is 0.389. The molecule has 1 unspecified atom stereocenters. The summed E-state index contributed by atoms with van der Waals surface area (Å²) in [6.07, 6.45) is 0.371. The summed E-state index contributed by atoms with van der Waals surface area (Å²) >= 11 is 0. The average molecular weight is 327 g/mol. The van der Waals surface area contributed by atoms with Gasteiger partial charge in [-0.15, -0.1) is 0 Å². The maximum atomic E-state index is 12.1. The van der Waals surface area contributed by atoms with E-state index >= 15 is 0 Å². The highest BCUT2D eigenvalue weighted by Gasteiger charge is 2.33. The Morgan fingerprint density at radius 1 is 1.33 bits per heavy atom. The van der Waals surface area contributed by atoms with Gasteiger partial charge in [-0.25, -0.2) is 4.79 Å². The molecule has 2 aromatic rings. The van der Waals surface area contributed by atoms with Gasteiger partial charge in [0.15, 0.2) is 0 Å². The quantitative estimate of drug-likeness (QED) is 0.880. The van der Waals surface area contributed by atoms with Gasteiger partial charge in [-0.05, 0) is 23.6 Å². The van der Waals surface area contributed by atoms with E-state index in [9.17, 15) is 9.59 Å². The molecule has 0 spiro atoms. The highest BCUT2D eigenvalue weighted by atomic mass is 16.5. The summed E-state index contributed by atoms with van der Waals surface area (Å²) in [5, 5.41) is 7.52. The lowest BCUT2D eigenvalue weighted by Crippen LogP contribution is -2.25. The van der Waals surface area contributed by atoms with Gasteiger partial charge in [-0.1, -0.05) is 26.0 Å². The number of benzene rings is 1. The number of fused-ring (bicyclic) bond motifs is 1. The highest BCUT2D eigenvalue weighted by Crippen LogP contribution is 2.41. The molecule has 2 heterocycles. The Hall–Kier alpha value is -2.63. The summed E-state index contributed by atoms with van der Waals surface area (Å²) in [5.74, 6) is 0.561. The van der Waals surface area contributed by atoms with Crippen LogP contribution < -0.4 is 5.32 Å². The number of hydrogen-bond donors (Lipinski definition) is 1. The van der Waals surface area contributed by atoms with Crippen molar-refractivity contribution in [3.05, 3.63) is 46.6 Å². The molecule has 24 heavy (non-hydrogen) atoms. The zero-order valence-corrected chi connectivity index (χ0v) is 14.3. The van der Waals surface area contributed by atoms with E-state index in [2.05, 4.69) is 24.3 Å². The molecule has 1 aromatic heterocycles. The van der Waals surface area contributed by atoms with Gasteiger partial charge in [-0.3, -0.25) is 9.48 Å². The average Bonchev–Trinajstić information content (AvgIpc) is 2.91. The van der Waals surface area contributed by atoms with Crippen LogP contribution in [0.1, 0.15) is 59.3 Å². The monoisotopic (exact) mass is 327 g/mol. The molecule has 1 amide bonds. The number of rotatable bonds is 3. The van der Waals surface area contributed by atoms with Crippen LogP contribution >= 0.6 is 0 Å². The largest absolute Gasteiger partial charge is 0.465 e. The lowest BCUT2D eigenvalue weighted by Gasteiger charge is -2.25. The Morgan fingerprint density at radius 2 is 2.00 bits per heavy atom. The third-order valence-electron chi connectivity index (χ3n) is 4.39. The summed E-state index contributed by atoms with van der Waals surface area (Å²) in [5.41, 5.74) is 3.55. The number of carbonyl (C=O) groups excluding carboxylic acids is 2. The van der Waals surface area contributed by atoms with E-state index in [0.717, 1.165) is 22.6 Å². The lowest BCUT2D eigenvalue weighted by atomic mass is 9.83. The SMILES string of the molecule is COC(=O)c1ccc(C2CC(=O)Nc3c2c(C(C)C)nn3C)cc1. The van der Waals surface area contributed by atoms with Crippen molar-refractivity contribution in [2.24, 2.45) is 7.05 Å². The summed E-state index contributed by atoms with van der Waals surface area (Å²) in [7, 11) is 3.20. The summed E-state index contributed by atoms with van der Waals surface area (Å²) in [6, 6.07) is 7.24. The third kappa shape index (κ3) is 2.68. The van der Waals surface area contributed by atoms with E-state index in [-0.39, 0.29) is 23.7 Å². The number of aryl methyl sites for hydroxylation is 1. The molecule has 1 atom stereocenters. The number of ether oxygens (including phenoxy) is 1. The van der Waals surface area contributed by atoms with E-state index in [1.54, 1.807) is 16.8 Å². The van der Waals surface area contributed by atoms with Crippen LogP contribution in [0, 0.1) is 0 Å². The fourth-order valence-corrected chi connectivity index (χ4v) is 3.20. The molecule has 0 aliphatic carbocycles. The first-order valence-corrected chi connectivity index (χ1v) is 7.97. The van der Waals surface area contributed by atoms with Crippen LogP contribution in [0.4, 0.5) is 5.82 Å². The van der Waals surface area contributed by atoms with Crippen LogP contribution in [0.25, 0.3) is 0 Å². The van der Waals surface area contributed by atoms with E-state index in [1.165, 1.54) is 7.11 Å². The predicted molar refractivity (Wildman–Crippen MR) is 90.2 cm³/mol. The van der Waals surface area contributed by atoms with E-state index < -0.39 is 0 Å². The first kappa shape index (κ1) is 16.2. The molecule has 0 saturated carbocycles. The Morgan fingerprint density at radius 3 is 2.58 bits per heavy atom. The van der Waals surface area contributed by atoms with Gasteiger partial charge in [0.1, 0.15) is 5.82 Å². The maximum absolute atomic E-state index is 12.1. The van der Waals surface area contributed by atoms with E-state index in [1.807, 2.05) is 19.2 Å². The van der Waals surface area contributed by atoms with E-state index in [0.29, 0.717) is 12.0 Å². The molecule has 1 aromatic carbocycles. The number of aromatic nitrogens is 2. The normalized spacial score (nSPS) is 16.7. The number of anilines is 1. The number of esters is 1. The zero-order chi connectivity index (χ0) is 17.4. The second-order valence-corrected chi connectivity index (χ2v) is 6.34. The van der Waals surface area contributed by atoms with Crippen LogP contribution in [0.15, 0.2) is 24.3 Å². The van der Waals surface area contributed by atoms with Crippen molar-refractivity contribution in [1.29, 1.82) is 0 Å². The van der Waals surface area contributed by atoms with Crippen molar-refractivity contribution in [1.82, 2.24) is 9.78 Å². The van der Waals surface area contributed by atoms with Gasteiger partial charge in [0.2, 0.25) is 5.91 Å². The van der Waals surface area contributed by atoms with Crippen LogP contribution in [-0.4, -0.2) is 28.8 Å². The first-order chi connectivity index (χ1) is 11.4. The second-order valence-electron chi connectivity index (χ2n) is 6.34. The molecule has 0 radical (unpaired) electrons. The van der Waals surface area contributed by atoms with Gasteiger partial charge in [0.25, 0.3) is 0 Å². The molecule has 126 valence electrons. The molecular formula is C18H21N3O3. The lowest BCUT2D eigenvalue weighted by molar-refractivity contribution is -0.116. The van der Waals surface area contributed by atoms with Crippen LogP contribution in [0.2, 0.25) is 0 Å².